The second-order valence-corrected chi connectivity index (χ2v) is 26.3. The SMILES string of the molecule is Cc1cc(O)c2c(c1)C(=O)c1c(c3cc4c(nccc14)NCC(O)C14CCC5C#CCC67CCCCC6(c6cnc[nH]6)c6[nH]c(c(c6CC7)C51)C1=CC5(O3)OC3(C1=C4CC1(CCC4(CCCC4)C1)C3O)C(O)C(O)C5O)C2=O. The van der Waals surface area contributed by atoms with Gasteiger partial charge in [-0.25, -0.2) is 9.97 Å². The van der Waals surface area contributed by atoms with Crippen LogP contribution in [0.4, 0.5) is 5.82 Å². The number of phenols is 1. The second kappa shape index (κ2) is 15.0. The van der Waals surface area contributed by atoms with Crippen LogP contribution in [0.5, 0.6) is 11.5 Å². The van der Waals surface area contributed by atoms with Crippen LogP contribution >= 0.6 is 0 Å². The molecule has 5 fully saturated rings. The second-order valence-electron chi connectivity index (χ2n) is 26.3. The molecule has 6 spiro atoms. The van der Waals surface area contributed by atoms with Gasteiger partial charge in [0.2, 0.25) is 5.78 Å². The van der Waals surface area contributed by atoms with E-state index in [-0.39, 0.29) is 57.0 Å². The number of rotatable bonds is 1. The zero-order valence-electron chi connectivity index (χ0n) is 43.6. The van der Waals surface area contributed by atoms with E-state index in [0.29, 0.717) is 77.5 Å². The van der Waals surface area contributed by atoms with Crippen LogP contribution in [0.1, 0.15) is 174 Å². The topological polar surface area (TPSA) is 243 Å². The van der Waals surface area contributed by atoms with E-state index in [0.717, 1.165) is 93.2 Å². The minimum Gasteiger partial charge on any atom is -0.507 e. The number of aromatic amines is 2. The standard InChI is InChI=1S/C63H63N5O10/c1-30-21-35-42(38(69)22-30)50(72)45-39-23-34-32(43(45)49(35)71)10-20-65-55(34)66-27-41(70)60-17-8-31-7-6-14-59-13-4-5-15-61(59,40-26-64-29-67-40)52-33(9-16-59)44(46(31)60)48(68-52)36-24-62(77-39)53(74)51(73)54(75)63(78-62)47(36)37(60)25-58(56(63)76)19-18-57(28-58)11-2-3-12-57/h10,20-24,26,29,31,41,46,51,53-54,56,68-70,73-76H,2-5,8-9,11-19,25,27-28H2,1H3,(H,64,67)(H,65,66). The molecule has 78 heavy (non-hydrogen) atoms. The molecule has 2 aromatic carbocycles. The number of nitrogens with one attached hydrogen (secondary N) is 3. The molecule has 13 atom stereocenters. The number of hydrogen-bond donors (Lipinski definition) is 9. The van der Waals surface area contributed by atoms with Gasteiger partial charge >= 0.3 is 0 Å². The molecule has 4 saturated carbocycles. The fourth-order valence-electron chi connectivity index (χ4n) is 20.1. The van der Waals surface area contributed by atoms with E-state index in [1.165, 1.54) is 11.6 Å². The van der Waals surface area contributed by atoms with Gasteiger partial charge in [0.1, 0.15) is 29.5 Å². The molecule has 13 unspecified atom stereocenters. The summed E-state index contributed by atoms with van der Waals surface area (Å²) in [6.45, 7) is 1.72. The maximum absolute atomic E-state index is 15.4. The number of phenolic OH excluding ortho intramolecular Hbond substituents is 1. The number of fused-ring (bicyclic) bond motifs is 7. The molecule has 12 bridgehead atoms. The largest absolute Gasteiger partial charge is 0.507 e. The molecule has 1 saturated heterocycles. The molecule has 0 amide bonds. The summed E-state index contributed by atoms with van der Waals surface area (Å²) in [6.07, 6.45) is 12.4. The highest BCUT2D eigenvalue weighted by Gasteiger charge is 2.77. The summed E-state index contributed by atoms with van der Waals surface area (Å²) in [5, 5.41) is 83.5. The third kappa shape index (κ3) is 5.23. The normalized spacial score (nSPS) is 39.6. The predicted molar refractivity (Wildman–Crippen MR) is 284 cm³/mol. The van der Waals surface area contributed by atoms with Crippen LogP contribution in [0.2, 0.25) is 0 Å². The Morgan fingerprint density at radius 2 is 1.71 bits per heavy atom. The number of nitrogens with zero attached hydrogens (tertiary/aromatic N) is 2. The zero-order valence-corrected chi connectivity index (χ0v) is 43.6. The Balaban J connectivity index is 1.02. The lowest BCUT2D eigenvalue weighted by Gasteiger charge is -2.64. The van der Waals surface area contributed by atoms with Gasteiger partial charge < -0.3 is 55.4 Å². The van der Waals surface area contributed by atoms with E-state index in [9.17, 15) is 30.6 Å². The van der Waals surface area contributed by atoms with Gasteiger partial charge in [0, 0.05) is 87.2 Å². The molecule has 400 valence electrons. The summed E-state index contributed by atoms with van der Waals surface area (Å²) in [5.74, 6) is 3.19. The van der Waals surface area contributed by atoms with Crippen molar-refractivity contribution in [3.8, 4) is 23.3 Å². The van der Waals surface area contributed by atoms with Crippen molar-refractivity contribution in [1.29, 1.82) is 0 Å². The number of carbonyl (C=O) groups excluding carboxylic acids is 2. The molecule has 4 aliphatic heterocycles. The quantitative estimate of drug-likeness (QED) is 0.0732. The number of ether oxygens (including phenoxy) is 2. The van der Waals surface area contributed by atoms with Gasteiger partial charge in [0.15, 0.2) is 17.5 Å². The first-order valence-corrected chi connectivity index (χ1v) is 28.8. The molecule has 15 heteroatoms. The van der Waals surface area contributed by atoms with Crippen LogP contribution in [0.3, 0.4) is 0 Å². The Bertz CT molecular complexity index is 3730. The van der Waals surface area contributed by atoms with Crippen molar-refractivity contribution in [2.45, 2.75) is 169 Å². The number of H-pyrrole nitrogens is 2. The van der Waals surface area contributed by atoms with E-state index in [1.807, 2.05) is 6.20 Å². The summed E-state index contributed by atoms with van der Waals surface area (Å²) >= 11 is 0. The number of imidazole rings is 1. The summed E-state index contributed by atoms with van der Waals surface area (Å²) in [5.41, 5.74) is 1.94. The molecule has 3 aromatic heterocycles. The highest BCUT2D eigenvalue weighted by Crippen LogP contribution is 2.76. The van der Waals surface area contributed by atoms with Crippen molar-refractivity contribution in [3.05, 3.63) is 116 Å². The van der Waals surface area contributed by atoms with Gasteiger partial charge in [-0.2, -0.15) is 0 Å². The van der Waals surface area contributed by atoms with E-state index < -0.39 is 75.6 Å². The number of aliphatic hydroxyl groups excluding tert-OH is 5. The third-order valence-corrected chi connectivity index (χ3v) is 23.2. The summed E-state index contributed by atoms with van der Waals surface area (Å²) in [6, 6.07) is 6.25. The number of aromatic hydroxyl groups is 1. The summed E-state index contributed by atoms with van der Waals surface area (Å²) in [7, 11) is 0. The molecular formula is C63H63N5O10. The van der Waals surface area contributed by atoms with Gasteiger partial charge in [-0.1, -0.05) is 37.2 Å². The number of aryl methyl sites for hydroxylation is 1. The van der Waals surface area contributed by atoms with Crippen molar-refractivity contribution >= 4 is 33.7 Å². The van der Waals surface area contributed by atoms with Gasteiger partial charge in [0.05, 0.1) is 35.1 Å². The number of benzene rings is 2. The Morgan fingerprint density at radius 3 is 2.54 bits per heavy atom. The maximum Gasteiger partial charge on any atom is 0.261 e. The lowest BCUT2D eigenvalue weighted by Crippen LogP contribution is -2.79. The Hall–Kier alpha value is -6.12. The summed E-state index contributed by atoms with van der Waals surface area (Å²) < 4.78 is 15.0. The number of carbonyl (C=O) groups is 2. The Morgan fingerprint density at radius 1 is 0.872 bits per heavy atom. The number of hydrogen-bond acceptors (Lipinski definition) is 13. The van der Waals surface area contributed by atoms with E-state index in [2.05, 4.69) is 32.1 Å². The smallest absolute Gasteiger partial charge is 0.261 e. The minimum atomic E-state index is -2.47. The van der Waals surface area contributed by atoms with E-state index in [4.69, 9.17) is 14.5 Å². The molecule has 5 aromatic rings. The van der Waals surface area contributed by atoms with Crippen LogP contribution in [-0.2, 0) is 16.6 Å². The van der Waals surface area contributed by atoms with Gasteiger partial charge in [-0.3, -0.25) is 9.59 Å². The fourth-order valence-corrected chi connectivity index (χ4v) is 20.1. The number of aromatic nitrogens is 4. The van der Waals surface area contributed by atoms with Crippen LogP contribution in [0.25, 0.3) is 16.3 Å². The maximum atomic E-state index is 15.4. The highest BCUT2D eigenvalue weighted by atomic mass is 16.7. The predicted octanol–water partition coefficient (Wildman–Crippen LogP) is 7.37. The average Bonchev–Trinajstić information content (AvgIpc) is 3.45. The molecule has 15 nitrogen and oxygen atoms in total. The Labute approximate surface area is 450 Å². The first-order chi connectivity index (χ1) is 37.7. The lowest BCUT2D eigenvalue weighted by atomic mass is 9.47. The van der Waals surface area contributed by atoms with Gasteiger partial charge in [-0.15, -0.1) is 5.92 Å². The van der Waals surface area contributed by atoms with Gasteiger partial charge in [0.25, 0.3) is 5.79 Å². The average molecular weight is 1050 g/mol. The number of pyridine rings is 1. The zero-order chi connectivity index (χ0) is 52.8. The number of ketones is 2. The fraction of sp³-hybridized carbons (Fsp3) is 0.524. The minimum absolute atomic E-state index is 0.0145. The molecule has 0 radical (unpaired) electrons. The Kier molecular flexibility index (Phi) is 9.00. The van der Waals surface area contributed by atoms with Crippen LogP contribution < -0.4 is 10.1 Å². The highest BCUT2D eigenvalue weighted by molar-refractivity contribution is 6.34. The van der Waals surface area contributed by atoms with Gasteiger partial charge in [-0.05, 0) is 153 Å². The van der Waals surface area contributed by atoms with Crippen LogP contribution in [0.15, 0.2) is 60.2 Å². The van der Waals surface area contributed by atoms with Crippen molar-refractivity contribution in [2.75, 3.05) is 11.9 Å². The molecule has 7 heterocycles. The monoisotopic (exact) mass is 1050 g/mol. The number of anilines is 1. The van der Waals surface area contributed by atoms with Crippen LogP contribution in [0, 0.1) is 46.3 Å². The first kappa shape index (κ1) is 46.8. The van der Waals surface area contributed by atoms with E-state index in [1.54, 1.807) is 43.7 Å². The molecule has 14 aliphatic rings. The van der Waals surface area contributed by atoms with E-state index >= 15 is 9.59 Å². The molecule has 19 rings (SSSR count). The third-order valence-electron chi connectivity index (χ3n) is 23.2. The van der Waals surface area contributed by atoms with Crippen molar-refractivity contribution in [3.63, 3.8) is 0 Å². The molecular weight excluding hydrogens is 987 g/mol. The number of aliphatic hydroxyl groups is 5. The van der Waals surface area contributed by atoms with Crippen molar-refractivity contribution in [1.82, 2.24) is 19.9 Å². The summed E-state index contributed by atoms with van der Waals surface area (Å²) in [4.78, 5) is 47.9. The molecule has 9 N–H and O–H groups in total. The van der Waals surface area contributed by atoms with Crippen molar-refractivity contribution in [2.24, 2.45) is 27.6 Å². The van der Waals surface area contributed by atoms with Crippen LogP contribution in [-0.4, -0.2) is 111 Å². The molecule has 10 aliphatic carbocycles. The van der Waals surface area contributed by atoms with Crippen molar-refractivity contribution < 1.29 is 49.7 Å². The first-order valence-electron chi connectivity index (χ1n) is 28.8. The lowest BCUT2D eigenvalue weighted by molar-refractivity contribution is -0.366.